The van der Waals surface area contributed by atoms with Crippen LogP contribution in [0, 0.1) is 0 Å². The molecule has 1 N–H and O–H groups in total. The number of benzene rings is 1. The minimum absolute atomic E-state index is 0.471. The fraction of sp³-hybridized carbons (Fsp3) is 0.476. The summed E-state index contributed by atoms with van der Waals surface area (Å²) in [5.74, 6) is 1.48. The minimum Gasteiger partial charge on any atom is -0.496 e. The van der Waals surface area contributed by atoms with Crippen LogP contribution in [0.25, 0.3) is 22.4 Å². The summed E-state index contributed by atoms with van der Waals surface area (Å²) in [4.78, 5) is 11.1. The molecule has 0 aliphatic heterocycles. The summed E-state index contributed by atoms with van der Waals surface area (Å²) in [6, 6.07) is 8.45. The Labute approximate surface area is 165 Å². The van der Waals surface area contributed by atoms with Crippen molar-refractivity contribution in [2.45, 2.75) is 38.1 Å². The monoisotopic (exact) mass is 381 g/mol. The summed E-state index contributed by atoms with van der Waals surface area (Å²) < 4.78 is 10.9. The molecule has 1 aliphatic carbocycles. The van der Waals surface area contributed by atoms with E-state index in [1.807, 2.05) is 24.3 Å². The van der Waals surface area contributed by atoms with Crippen LogP contribution in [-0.2, 0) is 0 Å². The molecule has 0 spiro atoms. The van der Waals surface area contributed by atoms with Gasteiger partial charge in [0.1, 0.15) is 29.0 Å². The van der Waals surface area contributed by atoms with E-state index in [-0.39, 0.29) is 0 Å². The van der Waals surface area contributed by atoms with Gasteiger partial charge in [0.2, 0.25) is 0 Å². The van der Waals surface area contributed by atoms with Gasteiger partial charge in [-0.1, -0.05) is 36.6 Å². The summed E-state index contributed by atoms with van der Waals surface area (Å²) in [7, 11) is 3.87. The van der Waals surface area contributed by atoms with Crippen LogP contribution in [0.3, 0.4) is 0 Å². The number of anilines is 1. The van der Waals surface area contributed by atoms with Gasteiger partial charge in [-0.2, -0.15) is 4.98 Å². The number of rotatable bonds is 7. The van der Waals surface area contributed by atoms with Crippen LogP contribution in [0.4, 0.5) is 5.82 Å². The SMILES string of the molecule is COc1ccccc1-c1noc2ncnc(NCCN(C)C3CCCCC3)c12. The molecule has 1 aromatic carbocycles. The van der Waals surface area contributed by atoms with Gasteiger partial charge < -0.3 is 19.5 Å². The first-order valence-corrected chi connectivity index (χ1v) is 9.96. The number of hydrogen-bond acceptors (Lipinski definition) is 7. The molecular weight excluding hydrogens is 354 g/mol. The number of aromatic nitrogens is 3. The van der Waals surface area contributed by atoms with E-state index in [1.165, 1.54) is 38.4 Å². The maximum Gasteiger partial charge on any atom is 0.263 e. The van der Waals surface area contributed by atoms with Crippen LogP contribution in [0.1, 0.15) is 32.1 Å². The zero-order chi connectivity index (χ0) is 19.3. The van der Waals surface area contributed by atoms with Crippen LogP contribution < -0.4 is 10.1 Å². The van der Waals surface area contributed by atoms with Gasteiger partial charge in [0.25, 0.3) is 5.71 Å². The standard InChI is InChI=1S/C21H27N5O2/c1-26(15-8-4-3-5-9-15)13-12-22-20-18-19(25-28-21(18)24-14-23-20)16-10-6-7-11-17(16)27-2/h6-7,10-11,14-15H,3-5,8-9,12-13H2,1-2H3,(H,22,23,24). The Hall–Kier alpha value is -2.67. The molecule has 7 nitrogen and oxygen atoms in total. The molecule has 3 aromatic rings. The summed E-state index contributed by atoms with van der Waals surface area (Å²) in [6.45, 7) is 1.76. The smallest absolute Gasteiger partial charge is 0.263 e. The topological polar surface area (TPSA) is 76.3 Å². The quantitative estimate of drug-likeness (QED) is 0.663. The molecule has 2 aromatic heterocycles. The second-order valence-corrected chi connectivity index (χ2v) is 7.33. The van der Waals surface area contributed by atoms with Gasteiger partial charge in [0.15, 0.2) is 0 Å². The third-order valence-corrected chi connectivity index (χ3v) is 5.59. The lowest BCUT2D eigenvalue weighted by Crippen LogP contribution is -2.36. The molecule has 1 aliphatic rings. The summed E-state index contributed by atoms with van der Waals surface area (Å²) >= 11 is 0. The van der Waals surface area contributed by atoms with Crippen molar-refractivity contribution in [1.82, 2.24) is 20.0 Å². The largest absolute Gasteiger partial charge is 0.496 e. The molecule has 7 heteroatoms. The first-order valence-electron chi connectivity index (χ1n) is 9.96. The molecule has 4 rings (SSSR count). The predicted molar refractivity (Wildman–Crippen MR) is 110 cm³/mol. The van der Waals surface area contributed by atoms with Crippen molar-refractivity contribution in [3.8, 4) is 17.0 Å². The number of methoxy groups -OCH3 is 1. The summed E-state index contributed by atoms with van der Waals surface area (Å²) in [5.41, 5.74) is 2.02. The fourth-order valence-electron chi connectivity index (χ4n) is 4.00. The number of para-hydroxylation sites is 1. The van der Waals surface area contributed by atoms with Crippen molar-refractivity contribution in [3.05, 3.63) is 30.6 Å². The second kappa shape index (κ2) is 8.56. The lowest BCUT2D eigenvalue weighted by molar-refractivity contribution is 0.198. The van der Waals surface area contributed by atoms with Crippen LogP contribution in [0.15, 0.2) is 35.1 Å². The molecule has 0 unspecified atom stereocenters. The van der Waals surface area contributed by atoms with E-state index in [4.69, 9.17) is 9.26 Å². The lowest BCUT2D eigenvalue weighted by Gasteiger charge is -2.31. The molecule has 28 heavy (non-hydrogen) atoms. The van der Waals surface area contributed by atoms with E-state index < -0.39 is 0 Å². The molecule has 1 fully saturated rings. The normalized spacial score (nSPS) is 15.2. The van der Waals surface area contributed by atoms with Crippen molar-refractivity contribution in [1.29, 1.82) is 0 Å². The minimum atomic E-state index is 0.471. The highest BCUT2D eigenvalue weighted by Crippen LogP contribution is 2.36. The summed E-state index contributed by atoms with van der Waals surface area (Å²) in [5, 5.41) is 8.49. The molecule has 2 heterocycles. The average molecular weight is 381 g/mol. The maximum atomic E-state index is 5.49. The Morgan fingerprint density at radius 1 is 1.18 bits per heavy atom. The zero-order valence-electron chi connectivity index (χ0n) is 16.5. The Morgan fingerprint density at radius 3 is 2.82 bits per heavy atom. The van der Waals surface area contributed by atoms with E-state index >= 15 is 0 Å². The van der Waals surface area contributed by atoms with Crippen LogP contribution in [0.5, 0.6) is 5.75 Å². The first-order chi connectivity index (χ1) is 13.8. The molecule has 0 radical (unpaired) electrons. The van der Waals surface area contributed by atoms with E-state index in [0.717, 1.165) is 35.6 Å². The molecule has 0 atom stereocenters. The van der Waals surface area contributed by atoms with Gasteiger partial charge >= 0.3 is 0 Å². The van der Waals surface area contributed by atoms with Gasteiger partial charge in [-0.15, -0.1) is 0 Å². The van der Waals surface area contributed by atoms with Crippen molar-refractivity contribution >= 4 is 16.9 Å². The first kappa shape index (κ1) is 18.7. The lowest BCUT2D eigenvalue weighted by atomic mass is 9.94. The Balaban J connectivity index is 1.54. The number of ether oxygens (including phenoxy) is 1. The highest BCUT2D eigenvalue weighted by Gasteiger charge is 2.20. The fourth-order valence-corrected chi connectivity index (χ4v) is 4.00. The zero-order valence-corrected chi connectivity index (χ0v) is 16.5. The number of nitrogens with one attached hydrogen (secondary N) is 1. The van der Waals surface area contributed by atoms with Gasteiger partial charge in [0, 0.05) is 24.7 Å². The van der Waals surface area contributed by atoms with Gasteiger partial charge in [-0.25, -0.2) is 4.98 Å². The van der Waals surface area contributed by atoms with E-state index in [1.54, 1.807) is 7.11 Å². The number of fused-ring (bicyclic) bond motifs is 1. The van der Waals surface area contributed by atoms with E-state index in [0.29, 0.717) is 17.4 Å². The second-order valence-electron chi connectivity index (χ2n) is 7.33. The molecule has 1 saturated carbocycles. The van der Waals surface area contributed by atoms with Gasteiger partial charge in [0.05, 0.1) is 7.11 Å². The predicted octanol–water partition coefficient (Wildman–Crippen LogP) is 3.97. The van der Waals surface area contributed by atoms with Gasteiger partial charge in [-0.05, 0) is 32.0 Å². The van der Waals surface area contributed by atoms with E-state index in [2.05, 4.69) is 32.4 Å². The Bertz CT molecular complexity index is 920. The van der Waals surface area contributed by atoms with Crippen LogP contribution >= 0.6 is 0 Å². The number of likely N-dealkylation sites (N-methyl/N-ethyl adjacent to an activating group) is 1. The molecule has 0 amide bonds. The highest BCUT2D eigenvalue weighted by atomic mass is 16.5. The third-order valence-electron chi connectivity index (χ3n) is 5.59. The van der Waals surface area contributed by atoms with Crippen LogP contribution in [0.2, 0.25) is 0 Å². The Morgan fingerprint density at radius 2 is 2.00 bits per heavy atom. The van der Waals surface area contributed by atoms with Crippen LogP contribution in [-0.4, -0.2) is 53.3 Å². The average Bonchev–Trinajstić information content (AvgIpc) is 3.19. The number of nitrogens with zero attached hydrogens (tertiary/aromatic N) is 4. The van der Waals surface area contributed by atoms with E-state index in [9.17, 15) is 0 Å². The van der Waals surface area contributed by atoms with Gasteiger partial charge in [-0.3, -0.25) is 0 Å². The molecule has 148 valence electrons. The number of hydrogen-bond donors (Lipinski definition) is 1. The Kier molecular flexibility index (Phi) is 5.71. The van der Waals surface area contributed by atoms with Crippen molar-refractivity contribution in [3.63, 3.8) is 0 Å². The third kappa shape index (κ3) is 3.80. The van der Waals surface area contributed by atoms with Crippen molar-refractivity contribution in [2.75, 3.05) is 32.6 Å². The highest BCUT2D eigenvalue weighted by molar-refractivity contribution is 5.98. The maximum absolute atomic E-state index is 5.49. The van der Waals surface area contributed by atoms with Crippen molar-refractivity contribution < 1.29 is 9.26 Å². The summed E-state index contributed by atoms with van der Waals surface area (Å²) in [6.07, 6.45) is 8.18. The molecular formula is C21H27N5O2. The van der Waals surface area contributed by atoms with Crippen molar-refractivity contribution in [2.24, 2.45) is 0 Å². The molecule has 0 saturated heterocycles. The molecule has 0 bridgehead atoms.